The van der Waals surface area contributed by atoms with E-state index in [4.69, 9.17) is 9.47 Å². The van der Waals surface area contributed by atoms with Gasteiger partial charge in [-0.2, -0.15) is 0 Å². The smallest absolute Gasteiger partial charge is 0.265 e. The molecule has 0 radical (unpaired) electrons. The van der Waals surface area contributed by atoms with Gasteiger partial charge in [0.05, 0.1) is 10.2 Å². The van der Waals surface area contributed by atoms with E-state index < -0.39 is 0 Å². The molecular weight excluding hydrogens is 390 g/mol. The number of aromatic nitrogens is 1. The van der Waals surface area contributed by atoms with Crippen LogP contribution in [0, 0.1) is 0 Å². The molecule has 2 aromatic rings. The molecule has 0 spiro atoms. The summed E-state index contributed by atoms with van der Waals surface area (Å²) in [7, 11) is 3.31. The third-order valence-electron chi connectivity index (χ3n) is 2.82. The maximum atomic E-state index is 11.9. The lowest BCUT2D eigenvalue weighted by Crippen LogP contribution is -2.18. The van der Waals surface area contributed by atoms with Gasteiger partial charge >= 0.3 is 0 Å². The number of benzene rings is 1. The Kier molecular flexibility index (Phi) is 5.01. The Bertz CT molecular complexity index is 683. The minimum absolute atomic E-state index is 0.0749. The van der Waals surface area contributed by atoms with Crippen LogP contribution in [0.5, 0.6) is 5.75 Å². The topological polar surface area (TPSA) is 40.5 Å². The molecule has 0 aliphatic carbocycles. The number of hydrogen-bond acceptors (Lipinski definition) is 3. The van der Waals surface area contributed by atoms with Gasteiger partial charge in [0.25, 0.3) is 5.56 Å². The summed E-state index contributed by atoms with van der Waals surface area (Å²) in [6.45, 7) is 0.197. The molecule has 1 heterocycles. The largest absolute Gasteiger partial charge is 0.468 e. The van der Waals surface area contributed by atoms with E-state index in [0.29, 0.717) is 10.2 Å². The van der Waals surface area contributed by atoms with Crippen molar-refractivity contribution in [3.63, 3.8) is 0 Å². The molecule has 106 valence electrons. The molecule has 0 saturated heterocycles. The van der Waals surface area contributed by atoms with Gasteiger partial charge in [-0.15, -0.1) is 0 Å². The normalized spacial score (nSPS) is 10.6. The Morgan fingerprint density at radius 1 is 1.15 bits per heavy atom. The molecule has 0 N–H and O–H groups in total. The molecule has 0 saturated carbocycles. The van der Waals surface area contributed by atoms with E-state index in [1.165, 1.54) is 0 Å². The number of pyridine rings is 1. The van der Waals surface area contributed by atoms with Crippen LogP contribution in [0.15, 0.2) is 44.1 Å². The van der Waals surface area contributed by atoms with Crippen LogP contribution in [-0.2, 0) is 11.8 Å². The Morgan fingerprint density at radius 2 is 1.90 bits per heavy atom. The van der Waals surface area contributed by atoms with E-state index in [9.17, 15) is 4.79 Å². The zero-order valence-electron chi connectivity index (χ0n) is 11.0. The summed E-state index contributed by atoms with van der Waals surface area (Å²) in [5, 5.41) is 0. The second kappa shape index (κ2) is 6.56. The third-order valence-corrected chi connectivity index (χ3v) is 4.08. The van der Waals surface area contributed by atoms with E-state index in [0.717, 1.165) is 15.7 Å². The molecule has 1 aromatic carbocycles. The highest BCUT2D eigenvalue weighted by Crippen LogP contribution is 2.31. The second-order valence-corrected chi connectivity index (χ2v) is 5.83. The first-order valence-electron chi connectivity index (χ1n) is 5.81. The van der Waals surface area contributed by atoms with Crippen LogP contribution in [0.1, 0.15) is 0 Å². The molecule has 0 aliphatic rings. The molecule has 4 nitrogen and oxygen atoms in total. The van der Waals surface area contributed by atoms with E-state index >= 15 is 0 Å². The SMILES string of the molecule is COCOc1ccc(-c2ccc(Br)c(=O)n2C)c(Br)c1. The average molecular weight is 403 g/mol. The fraction of sp³-hybridized carbons (Fsp3) is 0.214. The van der Waals surface area contributed by atoms with Crippen LogP contribution < -0.4 is 10.3 Å². The highest BCUT2D eigenvalue weighted by molar-refractivity contribution is 9.10. The van der Waals surface area contributed by atoms with Crippen LogP contribution in [0.4, 0.5) is 0 Å². The molecule has 0 aliphatic heterocycles. The molecule has 2 rings (SSSR count). The first-order chi connectivity index (χ1) is 9.54. The Hall–Kier alpha value is -1.11. The zero-order chi connectivity index (χ0) is 14.7. The van der Waals surface area contributed by atoms with Crippen molar-refractivity contribution in [1.29, 1.82) is 0 Å². The van der Waals surface area contributed by atoms with Gasteiger partial charge in [0, 0.05) is 24.2 Å². The molecular formula is C14H13Br2NO3. The van der Waals surface area contributed by atoms with Crippen molar-refractivity contribution in [3.05, 3.63) is 49.6 Å². The third kappa shape index (κ3) is 3.13. The predicted octanol–water partition coefficient (Wildman–Crippen LogP) is 3.56. The molecule has 0 bridgehead atoms. The van der Waals surface area contributed by atoms with Gasteiger partial charge in [0.15, 0.2) is 6.79 Å². The van der Waals surface area contributed by atoms with E-state index in [2.05, 4.69) is 31.9 Å². The first kappa shape index (κ1) is 15.3. The predicted molar refractivity (Wildman–Crippen MR) is 85.0 cm³/mol. The summed E-state index contributed by atoms with van der Waals surface area (Å²) < 4.78 is 13.2. The molecule has 0 fully saturated rings. The molecule has 1 aromatic heterocycles. The van der Waals surface area contributed by atoms with Crippen LogP contribution >= 0.6 is 31.9 Å². The number of rotatable bonds is 4. The number of hydrogen-bond donors (Lipinski definition) is 0. The Morgan fingerprint density at radius 3 is 2.55 bits per heavy atom. The van der Waals surface area contributed by atoms with Gasteiger partial charge in [0.2, 0.25) is 0 Å². The maximum Gasteiger partial charge on any atom is 0.265 e. The highest BCUT2D eigenvalue weighted by atomic mass is 79.9. The monoisotopic (exact) mass is 401 g/mol. The fourth-order valence-corrected chi connectivity index (χ4v) is 2.75. The summed E-state index contributed by atoms with van der Waals surface area (Å²) >= 11 is 6.74. The molecule has 20 heavy (non-hydrogen) atoms. The maximum absolute atomic E-state index is 11.9. The lowest BCUT2D eigenvalue weighted by Gasteiger charge is -2.12. The van der Waals surface area contributed by atoms with Crippen molar-refractivity contribution in [1.82, 2.24) is 4.57 Å². The standard InChI is InChI=1S/C14H13Br2NO3/c1-17-13(6-5-11(15)14(17)18)10-4-3-9(7-12(10)16)20-8-19-2/h3-7H,8H2,1-2H3. The highest BCUT2D eigenvalue weighted by Gasteiger charge is 2.10. The number of nitrogens with zero attached hydrogens (tertiary/aromatic N) is 1. The first-order valence-corrected chi connectivity index (χ1v) is 7.40. The Balaban J connectivity index is 2.44. The van der Waals surface area contributed by atoms with Crippen LogP contribution in [0.25, 0.3) is 11.3 Å². The summed E-state index contributed by atoms with van der Waals surface area (Å²) in [6.07, 6.45) is 0. The summed E-state index contributed by atoms with van der Waals surface area (Å²) in [5.74, 6) is 0.699. The van der Waals surface area contributed by atoms with Crippen LogP contribution in [0.2, 0.25) is 0 Å². The van der Waals surface area contributed by atoms with Crippen molar-refractivity contribution >= 4 is 31.9 Å². The summed E-state index contributed by atoms with van der Waals surface area (Å²) in [4.78, 5) is 11.9. The molecule has 0 unspecified atom stereocenters. The zero-order valence-corrected chi connectivity index (χ0v) is 14.2. The second-order valence-electron chi connectivity index (χ2n) is 4.12. The van der Waals surface area contributed by atoms with Gasteiger partial charge < -0.3 is 14.0 Å². The van der Waals surface area contributed by atoms with Gasteiger partial charge in [-0.3, -0.25) is 4.79 Å². The van der Waals surface area contributed by atoms with E-state index in [1.54, 1.807) is 24.8 Å². The van der Waals surface area contributed by atoms with Gasteiger partial charge in [0.1, 0.15) is 5.75 Å². The minimum Gasteiger partial charge on any atom is -0.468 e. The van der Waals surface area contributed by atoms with Crippen LogP contribution in [-0.4, -0.2) is 18.5 Å². The van der Waals surface area contributed by atoms with Crippen molar-refractivity contribution in [2.24, 2.45) is 7.05 Å². The molecule has 0 amide bonds. The average Bonchev–Trinajstić information content (AvgIpc) is 2.44. The van der Waals surface area contributed by atoms with E-state index in [-0.39, 0.29) is 12.4 Å². The number of methoxy groups -OCH3 is 1. The number of ether oxygens (including phenoxy) is 2. The number of halogens is 2. The Labute approximate surface area is 133 Å². The van der Waals surface area contributed by atoms with Crippen molar-refractivity contribution in [2.75, 3.05) is 13.9 Å². The fourth-order valence-electron chi connectivity index (χ4n) is 1.80. The molecule has 6 heteroatoms. The molecule has 0 atom stereocenters. The van der Waals surface area contributed by atoms with Crippen molar-refractivity contribution < 1.29 is 9.47 Å². The van der Waals surface area contributed by atoms with Gasteiger partial charge in [-0.25, -0.2) is 0 Å². The lowest BCUT2D eigenvalue weighted by atomic mass is 10.1. The van der Waals surface area contributed by atoms with Crippen LogP contribution in [0.3, 0.4) is 0 Å². The van der Waals surface area contributed by atoms with Crippen molar-refractivity contribution in [2.45, 2.75) is 0 Å². The van der Waals surface area contributed by atoms with Gasteiger partial charge in [-0.05, 0) is 62.2 Å². The van der Waals surface area contributed by atoms with Crippen molar-refractivity contribution in [3.8, 4) is 17.0 Å². The minimum atomic E-state index is -0.0749. The van der Waals surface area contributed by atoms with Gasteiger partial charge in [-0.1, -0.05) is 0 Å². The quantitative estimate of drug-likeness (QED) is 0.734. The van der Waals surface area contributed by atoms with E-state index in [1.807, 2.05) is 24.3 Å². The summed E-state index contributed by atoms with van der Waals surface area (Å²) in [5.41, 5.74) is 1.67. The summed E-state index contributed by atoms with van der Waals surface area (Å²) in [6, 6.07) is 9.23. The lowest BCUT2D eigenvalue weighted by molar-refractivity contribution is 0.0511.